The number of β-amino-alcohol motifs (C(OH)–C–C–N with tert-alkyl or cyclic N) is 1. The van der Waals surface area contributed by atoms with Gasteiger partial charge < -0.3 is 19.8 Å². The minimum Gasteiger partial charge on any atom is -0.497 e. The Kier molecular flexibility index (Phi) is 4.44. The fraction of sp³-hybridized carbons (Fsp3) is 0.300. The smallest absolute Gasteiger partial charge is 0.258 e. The summed E-state index contributed by atoms with van der Waals surface area (Å²) in [7, 11) is 1.64. The molecule has 0 spiro atoms. The van der Waals surface area contributed by atoms with Crippen molar-refractivity contribution in [2.75, 3.05) is 24.1 Å². The van der Waals surface area contributed by atoms with Crippen molar-refractivity contribution in [3.63, 3.8) is 0 Å². The predicted molar refractivity (Wildman–Crippen MR) is 107 cm³/mol. The second-order valence-electron chi connectivity index (χ2n) is 7.47. The van der Waals surface area contributed by atoms with Gasteiger partial charge in [-0.05, 0) is 62.7 Å². The van der Waals surface area contributed by atoms with Crippen molar-refractivity contribution in [3.05, 3.63) is 42.0 Å². The van der Waals surface area contributed by atoms with Gasteiger partial charge in [0.15, 0.2) is 0 Å². The zero-order valence-electron chi connectivity index (χ0n) is 16.3. The molecule has 0 radical (unpaired) electrons. The second kappa shape index (κ2) is 6.81. The number of hydrogen-bond acceptors (Lipinski definition) is 8. The van der Waals surface area contributed by atoms with Crippen molar-refractivity contribution < 1.29 is 14.4 Å². The molecule has 1 aromatic heterocycles. The van der Waals surface area contributed by atoms with Gasteiger partial charge in [-0.1, -0.05) is 5.16 Å². The number of aryl methyl sites for hydroxylation is 1. The van der Waals surface area contributed by atoms with E-state index in [4.69, 9.17) is 9.26 Å². The summed E-state index contributed by atoms with van der Waals surface area (Å²) in [4.78, 5) is 4.55. The zero-order valence-corrected chi connectivity index (χ0v) is 16.3. The third kappa shape index (κ3) is 3.51. The largest absolute Gasteiger partial charge is 0.497 e. The van der Waals surface area contributed by atoms with E-state index in [0.29, 0.717) is 18.3 Å². The number of nitrogens with zero attached hydrogens (tertiary/aromatic N) is 3. The number of rotatable bonds is 5. The maximum absolute atomic E-state index is 10.1. The minimum atomic E-state index is -0.827. The van der Waals surface area contributed by atoms with Gasteiger partial charge in [0.2, 0.25) is 5.82 Å². The molecule has 0 saturated heterocycles. The van der Waals surface area contributed by atoms with Crippen LogP contribution in [-0.2, 0) is 0 Å². The summed E-state index contributed by atoms with van der Waals surface area (Å²) < 4.78 is 10.7. The molecular weight excluding hydrogens is 358 g/mol. The molecule has 2 heterocycles. The van der Waals surface area contributed by atoms with Crippen LogP contribution in [0.25, 0.3) is 22.8 Å². The highest BCUT2D eigenvalue weighted by molar-refractivity contribution is 5.78. The minimum absolute atomic E-state index is 0.438. The number of hydrazine groups is 2. The first-order valence-corrected chi connectivity index (χ1v) is 8.99. The van der Waals surface area contributed by atoms with Crippen molar-refractivity contribution in [2.45, 2.75) is 26.4 Å². The first kappa shape index (κ1) is 18.3. The standard InChI is InChI=1S/C20H23N5O3/c1-12-9-14(27-4)6-7-15(12)18-21-19(28-23-18)13-5-8-17-16(10-13)22-24-25(17)11-20(2,3)26/h5-10,22,24,26H,11H2,1-4H3. The second-order valence-corrected chi connectivity index (χ2v) is 7.47. The molecule has 1 aliphatic rings. The van der Waals surface area contributed by atoms with Crippen molar-refractivity contribution in [2.24, 2.45) is 0 Å². The molecule has 8 nitrogen and oxygen atoms in total. The Bertz CT molecular complexity index is 1010. The van der Waals surface area contributed by atoms with E-state index in [9.17, 15) is 5.11 Å². The van der Waals surface area contributed by atoms with Crippen LogP contribution in [0.15, 0.2) is 40.9 Å². The first-order valence-electron chi connectivity index (χ1n) is 8.99. The summed E-state index contributed by atoms with van der Waals surface area (Å²) in [5.41, 5.74) is 9.86. The lowest BCUT2D eigenvalue weighted by Gasteiger charge is -2.26. The van der Waals surface area contributed by atoms with Gasteiger partial charge in [0.05, 0.1) is 30.6 Å². The van der Waals surface area contributed by atoms with E-state index in [-0.39, 0.29) is 0 Å². The summed E-state index contributed by atoms with van der Waals surface area (Å²) in [6.45, 7) is 5.95. The van der Waals surface area contributed by atoms with E-state index in [1.807, 2.05) is 48.3 Å². The van der Waals surface area contributed by atoms with E-state index in [1.54, 1.807) is 21.0 Å². The molecule has 4 rings (SSSR count). The van der Waals surface area contributed by atoms with E-state index in [1.165, 1.54) is 0 Å². The Labute approximate surface area is 163 Å². The van der Waals surface area contributed by atoms with E-state index >= 15 is 0 Å². The lowest BCUT2D eigenvalue weighted by atomic mass is 10.1. The highest BCUT2D eigenvalue weighted by Gasteiger charge is 2.25. The van der Waals surface area contributed by atoms with Crippen LogP contribution in [-0.4, -0.2) is 34.5 Å². The lowest BCUT2D eigenvalue weighted by molar-refractivity contribution is 0.0858. The Morgan fingerprint density at radius 3 is 2.75 bits per heavy atom. The molecule has 8 heteroatoms. The Morgan fingerprint density at radius 1 is 1.21 bits per heavy atom. The fourth-order valence-electron chi connectivity index (χ4n) is 3.17. The molecule has 0 unspecified atom stereocenters. The molecule has 1 aliphatic heterocycles. The molecule has 2 aromatic carbocycles. The molecule has 3 aromatic rings. The van der Waals surface area contributed by atoms with Crippen LogP contribution < -0.4 is 20.7 Å². The van der Waals surface area contributed by atoms with Gasteiger partial charge in [0, 0.05) is 11.1 Å². The van der Waals surface area contributed by atoms with Crippen LogP contribution in [0.3, 0.4) is 0 Å². The summed E-state index contributed by atoms with van der Waals surface area (Å²) >= 11 is 0. The van der Waals surface area contributed by atoms with Gasteiger partial charge in [0.1, 0.15) is 5.75 Å². The van der Waals surface area contributed by atoms with Gasteiger partial charge in [-0.25, -0.2) is 0 Å². The predicted octanol–water partition coefficient (Wildman–Crippen LogP) is 3.14. The normalized spacial score (nSPS) is 13.4. The fourth-order valence-corrected chi connectivity index (χ4v) is 3.17. The number of nitrogens with one attached hydrogen (secondary N) is 2. The Balaban J connectivity index is 1.60. The number of methoxy groups -OCH3 is 1. The van der Waals surface area contributed by atoms with Crippen LogP contribution >= 0.6 is 0 Å². The summed E-state index contributed by atoms with van der Waals surface area (Å²) in [6.07, 6.45) is 0. The third-order valence-electron chi connectivity index (χ3n) is 4.51. The zero-order chi connectivity index (χ0) is 19.9. The Morgan fingerprint density at radius 2 is 2.04 bits per heavy atom. The van der Waals surface area contributed by atoms with Crippen LogP contribution in [0.2, 0.25) is 0 Å². The topological polar surface area (TPSA) is 95.7 Å². The maximum Gasteiger partial charge on any atom is 0.258 e. The van der Waals surface area contributed by atoms with Gasteiger partial charge in [0.25, 0.3) is 5.89 Å². The van der Waals surface area contributed by atoms with Crippen LogP contribution in [0.4, 0.5) is 11.4 Å². The quantitative estimate of drug-likeness (QED) is 0.620. The number of aliphatic hydroxyl groups is 1. The molecule has 0 saturated carbocycles. The molecule has 28 heavy (non-hydrogen) atoms. The molecular formula is C20H23N5O3. The average molecular weight is 381 g/mol. The number of hydrogen-bond donors (Lipinski definition) is 3. The highest BCUT2D eigenvalue weighted by atomic mass is 16.5. The monoisotopic (exact) mass is 381 g/mol. The van der Waals surface area contributed by atoms with E-state index in [2.05, 4.69) is 21.1 Å². The average Bonchev–Trinajstić information content (AvgIpc) is 3.27. The molecule has 0 amide bonds. The summed E-state index contributed by atoms with van der Waals surface area (Å²) in [5.74, 6) is 1.76. The number of aromatic nitrogens is 2. The molecule has 3 N–H and O–H groups in total. The molecule has 0 aliphatic carbocycles. The molecule has 0 bridgehead atoms. The van der Waals surface area contributed by atoms with Crippen LogP contribution in [0.5, 0.6) is 5.75 Å². The van der Waals surface area contributed by atoms with Crippen molar-refractivity contribution in [1.29, 1.82) is 0 Å². The molecule has 0 atom stereocenters. The summed E-state index contributed by atoms with van der Waals surface area (Å²) in [5, 5.41) is 16.0. The summed E-state index contributed by atoms with van der Waals surface area (Å²) in [6, 6.07) is 11.5. The first-order chi connectivity index (χ1) is 13.3. The lowest BCUT2D eigenvalue weighted by Crippen LogP contribution is -2.45. The van der Waals surface area contributed by atoms with E-state index < -0.39 is 5.60 Å². The Hall–Kier alpha value is -3.10. The third-order valence-corrected chi connectivity index (χ3v) is 4.51. The molecule has 0 fully saturated rings. The number of anilines is 2. The van der Waals surface area contributed by atoms with Crippen molar-refractivity contribution in [1.82, 2.24) is 15.7 Å². The van der Waals surface area contributed by atoms with Gasteiger partial charge in [-0.15, -0.1) is 5.53 Å². The van der Waals surface area contributed by atoms with Crippen LogP contribution in [0.1, 0.15) is 19.4 Å². The number of fused-ring (bicyclic) bond motifs is 1. The van der Waals surface area contributed by atoms with Gasteiger partial charge >= 0.3 is 0 Å². The number of ether oxygens (including phenoxy) is 1. The number of benzene rings is 2. The SMILES string of the molecule is COc1ccc(-c2noc(-c3ccc4c(c3)NNN4CC(C)(C)O)n2)c(C)c1. The van der Waals surface area contributed by atoms with Crippen molar-refractivity contribution in [3.8, 4) is 28.6 Å². The van der Waals surface area contributed by atoms with Gasteiger partial charge in [-0.3, -0.25) is 5.01 Å². The molecule has 146 valence electrons. The van der Waals surface area contributed by atoms with Crippen LogP contribution in [0, 0.1) is 6.92 Å². The van der Waals surface area contributed by atoms with Gasteiger partial charge in [-0.2, -0.15) is 4.98 Å². The van der Waals surface area contributed by atoms with E-state index in [0.717, 1.165) is 33.8 Å². The van der Waals surface area contributed by atoms with Crippen molar-refractivity contribution >= 4 is 11.4 Å². The highest BCUT2D eigenvalue weighted by Crippen LogP contribution is 2.34. The maximum atomic E-state index is 10.1.